The Balaban J connectivity index is 1.57. The second kappa shape index (κ2) is 7.45. The average molecular weight is 412 g/mol. The van der Waals surface area contributed by atoms with Gasteiger partial charge in [-0.1, -0.05) is 50.6 Å². The summed E-state index contributed by atoms with van der Waals surface area (Å²) in [5, 5.41) is 3.82. The molecule has 6 heteroatoms. The molecule has 1 aliphatic carbocycles. The minimum absolute atomic E-state index is 0.117. The maximum atomic E-state index is 13.3. The van der Waals surface area contributed by atoms with E-state index >= 15 is 0 Å². The Bertz CT molecular complexity index is 953. The van der Waals surface area contributed by atoms with E-state index in [1.807, 2.05) is 30.3 Å². The summed E-state index contributed by atoms with van der Waals surface area (Å²) >= 11 is 6.38. The van der Waals surface area contributed by atoms with E-state index < -0.39 is 0 Å². The van der Waals surface area contributed by atoms with Gasteiger partial charge in [-0.05, 0) is 53.9 Å². The number of anilines is 1. The van der Waals surface area contributed by atoms with Crippen LogP contribution in [0.5, 0.6) is 0 Å². The normalized spacial score (nSPS) is 24.8. The predicted octanol–water partition coefficient (Wildman–Crippen LogP) is 5.04. The monoisotopic (exact) mass is 411 g/mol. The highest BCUT2D eigenvalue weighted by Crippen LogP contribution is 2.41. The van der Waals surface area contributed by atoms with Gasteiger partial charge >= 0.3 is 6.03 Å². The van der Waals surface area contributed by atoms with Gasteiger partial charge in [-0.15, -0.1) is 0 Å². The number of pyridine rings is 1. The molecule has 3 atom stereocenters. The first-order chi connectivity index (χ1) is 13.8. The number of benzene rings is 1. The predicted molar refractivity (Wildman–Crippen MR) is 114 cm³/mol. The van der Waals surface area contributed by atoms with Crippen LogP contribution in [-0.4, -0.2) is 23.0 Å². The number of hydrogen-bond donors (Lipinski definition) is 1. The molecule has 2 aliphatic rings. The lowest BCUT2D eigenvalue weighted by atomic mass is 9.74. The summed E-state index contributed by atoms with van der Waals surface area (Å²) in [7, 11) is 0. The molecular formula is C23H26ClN3O2. The van der Waals surface area contributed by atoms with E-state index in [9.17, 15) is 9.59 Å². The number of carbonyl (C=O) groups excluding carboxylic acids is 2. The van der Waals surface area contributed by atoms with Crippen molar-refractivity contribution in [2.75, 3.05) is 4.90 Å². The van der Waals surface area contributed by atoms with Crippen LogP contribution < -0.4 is 10.2 Å². The summed E-state index contributed by atoms with van der Waals surface area (Å²) in [6.45, 7) is 6.24. The molecule has 1 N–H and O–H groups in total. The van der Waals surface area contributed by atoms with Crippen LogP contribution in [0.25, 0.3) is 0 Å². The Morgan fingerprint density at radius 1 is 1.14 bits per heavy atom. The molecule has 1 saturated carbocycles. The van der Waals surface area contributed by atoms with Crippen LogP contribution in [0.15, 0.2) is 42.7 Å². The molecule has 2 heterocycles. The van der Waals surface area contributed by atoms with Crippen molar-refractivity contribution >= 4 is 29.2 Å². The molecule has 0 spiro atoms. The van der Waals surface area contributed by atoms with Gasteiger partial charge in [0.15, 0.2) is 0 Å². The summed E-state index contributed by atoms with van der Waals surface area (Å²) in [5.74, 6) is -0.107. The van der Waals surface area contributed by atoms with Crippen molar-refractivity contribution in [3.63, 3.8) is 0 Å². The molecular weight excluding hydrogens is 386 g/mol. The van der Waals surface area contributed by atoms with Crippen LogP contribution in [-0.2, 0) is 10.2 Å². The standard InChI is InChI=1S/C23H26ClN3O2/c1-23(2,3)15-11-16(13-25-12-15)27-21(28)18-9-8-14(10-20(18)26-22(27)29)17-6-4-5-7-19(17)24/h4-7,11-14,18,20H,8-10H2,1-3H3,(H,26,29). The zero-order valence-corrected chi connectivity index (χ0v) is 17.7. The Kier molecular flexibility index (Phi) is 5.11. The van der Waals surface area contributed by atoms with E-state index in [1.165, 1.54) is 4.90 Å². The van der Waals surface area contributed by atoms with Crippen molar-refractivity contribution in [1.29, 1.82) is 0 Å². The number of aromatic nitrogens is 1. The lowest BCUT2D eigenvalue weighted by Gasteiger charge is -2.42. The summed E-state index contributed by atoms with van der Waals surface area (Å²) in [4.78, 5) is 31.7. The lowest BCUT2D eigenvalue weighted by molar-refractivity contribution is -0.124. The topological polar surface area (TPSA) is 62.3 Å². The molecule has 1 aromatic heterocycles. The van der Waals surface area contributed by atoms with E-state index in [4.69, 9.17) is 11.6 Å². The highest BCUT2D eigenvalue weighted by Gasteiger charge is 2.45. The fourth-order valence-corrected chi connectivity index (χ4v) is 4.70. The van der Waals surface area contributed by atoms with Gasteiger partial charge in [0.25, 0.3) is 0 Å². The van der Waals surface area contributed by atoms with Crippen LogP contribution in [0.4, 0.5) is 10.5 Å². The SMILES string of the molecule is CC(C)(C)c1cncc(N2C(=O)NC3CC(c4ccccc4Cl)CCC3C2=O)c1. The van der Waals surface area contributed by atoms with Gasteiger partial charge < -0.3 is 5.32 Å². The van der Waals surface area contributed by atoms with Crippen molar-refractivity contribution in [3.8, 4) is 0 Å². The Morgan fingerprint density at radius 2 is 1.90 bits per heavy atom. The third-order valence-corrected chi connectivity index (χ3v) is 6.44. The average Bonchev–Trinajstić information content (AvgIpc) is 2.67. The van der Waals surface area contributed by atoms with Crippen molar-refractivity contribution < 1.29 is 9.59 Å². The maximum absolute atomic E-state index is 13.3. The van der Waals surface area contributed by atoms with E-state index in [0.29, 0.717) is 5.69 Å². The number of hydrogen-bond acceptors (Lipinski definition) is 3. The minimum Gasteiger partial charge on any atom is -0.334 e. The molecule has 4 rings (SSSR count). The van der Waals surface area contributed by atoms with Crippen molar-refractivity contribution in [3.05, 3.63) is 58.9 Å². The molecule has 5 nitrogen and oxygen atoms in total. The van der Waals surface area contributed by atoms with Crippen molar-refractivity contribution in [2.45, 2.75) is 57.4 Å². The van der Waals surface area contributed by atoms with Gasteiger partial charge in [-0.2, -0.15) is 0 Å². The highest BCUT2D eigenvalue weighted by atomic mass is 35.5. The third-order valence-electron chi connectivity index (χ3n) is 6.09. The smallest absolute Gasteiger partial charge is 0.329 e. The van der Waals surface area contributed by atoms with Crippen LogP contribution in [0.1, 0.15) is 57.1 Å². The van der Waals surface area contributed by atoms with Gasteiger partial charge in [0.1, 0.15) is 0 Å². The first-order valence-corrected chi connectivity index (χ1v) is 10.5. The quantitative estimate of drug-likeness (QED) is 0.752. The van der Waals surface area contributed by atoms with Gasteiger partial charge in [-0.3, -0.25) is 9.78 Å². The summed E-state index contributed by atoms with van der Waals surface area (Å²) in [6, 6.07) is 9.18. The highest BCUT2D eigenvalue weighted by molar-refractivity contribution is 6.31. The largest absolute Gasteiger partial charge is 0.334 e. The Hall–Kier alpha value is -2.40. The van der Waals surface area contributed by atoms with Crippen LogP contribution in [0, 0.1) is 5.92 Å². The Labute approximate surface area is 176 Å². The Morgan fingerprint density at radius 3 is 2.62 bits per heavy atom. The summed E-state index contributed by atoms with van der Waals surface area (Å²) < 4.78 is 0. The van der Waals surface area contributed by atoms with Crippen LogP contribution in [0.3, 0.4) is 0 Å². The molecule has 0 radical (unpaired) electrons. The van der Waals surface area contributed by atoms with E-state index in [-0.39, 0.29) is 35.2 Å². The first kappa shape index (κ1) is 19.9. The second-order valence-corrected chi connectivity index (χ2v) is 9.46. The fraction of sp³-hybridized carbons (Fsp3) is 0.435. The molecule has 3 unspecified atom stereocenters. The number of rotatable bonds is 2. The summed E-state index contributed by atoms with van der Waals surface area (Å²) in [6.07, 6.45) is 5.69. The van der Waals surface area contributed by atoms with E-state index in [0.717, 1.165) is 35.4 Å². The number of amides is 3. The van der Waals surface area contributed by atoms with Gasteiger partial charge in [0.05, 0.1) is 17.8 Å². The second-order valence-electron chi connectivity index (χ2n) is 9.05. The molecule has 29 heavy (non-hydrogen) atoms. The van der Waals surface area contributed by atoms with Crippen molar-refractivity contribution in [2.24, 2.45) is 5.92 Å². The lowest BCUT2D eigenvalue weighted by Crippen LogP contribution is -2.61. The number of imide groups is 1. The van der Waals surface area contributed by atoms with Gasteiger partial charge in [-0.25, -0.2) is 9.69 Å². The third kappa shape index (κ3) is 3.76. The first-order valence-electron chi connectivity index (χ1n) is 10.1. The number of halogens is 1. The van der Waals surface area contributed by atoms with Crippen molar-refractivity contribution in [1.82, 2.24) is 10.3 Å². The van der Waals surface area contributed by atoms with E-state index in [2.05, 4.69) is 31.1 Å². The molecule has 0 bridgehead atoms. The maximum Gasteiger partial charge on any atom is 0.329 e. The molecule has 1 aromatic carbocycles. The molecule has 152 valence electrons. The molecule has 2 aromatic rings. The van der Waals surface area contributed by atoms with Gasteiger partial charge in [0, 0.05) is 17.3 Å². The zero-order chi connectivity index (χ0) is 20.8. The molecule has 1 saturated heterocycles. The zero-order valence-electron chi connectivity index (χ0n) is 17.0. The number of fused-ring (bicyclic) bond motifs is 1. The number of carbonyl (C=O) groups is 2. The molecule has 1 aliphatic heterocycles. The van der Waals surface area contributed by atoms with Crippen LogP contribution in [0.2, 0.25) is 5.02 Å². The van der Waals surface area contributed by atoms with Crippen LogP contribution >= 0.6 is 11.6 Å². The number of urea groups is 1. The summed E-state index contributed by atoms with van der Waals surface area (Å²) in [5.41, 5.74) is 2.50. The fourth-order valence-electron chi connectivity index (χ4n) is 4.41. The van der Waals surface area contributed by atoms with Gasteiger partial charge in [0.2, 0.25) is 5.91 Å². The van der Waals surface area contributed by atoms with E-state index in [1.54, 1.807) is 12.4 Å². The number of nitrogens with zero attached hydrogens (tertiary/aromatic N) is 2. The minimum atomic E-state index is -0.371. The molecule has 2 fully saturated rings. The number of nitrogens with one attached hydrogen (secondary N) is 1. The molecule has 3 amide bonds.